The lowest BCUT2D eigenvalue weighted by molar-refractivity contribution is 0.102. The highest BCUT2D eigenvalue weighted by molar-refractivity contribution is 6.04. The van der Waals surface area contributed by atoms with Crippen molar-refractivity contribution >= 4 is 22.5 Å². The van der Waals surface area contributed by atoms with E-state index in [1.165, 1.54) is 12.4 Å². The van der Waals surface area contributed by atoms with Gasteiger partial charge >= 0.3 is 0 Å². The Kier molecular flexibility index (Phi) is 6.35. The van der Waals surface area contributed by atoms with Crippen LogP contribution >= 0.6 is 0 Å². The third kappa shape index (κ3) is 5.14. The summed E-state index contributed by atoms with van der Waals surface area (Å²) in [5, 5.41) is 8.11. The average molecular weight is 511 g/mol. The van der Waals surface area contributed by atoms with Crippen molar-refractivity contribution in [1.29, 1.82) is 0 Å². The maximum absolute atomic E-state index is 13.5. The van der Waals surface area contributed by atoms with Gasteiger partial charge in [-0.3, -0.25) is 19.2 Å². The molecule has 3 N–H and O–H groups in total. The number of hydrogen-bond donors (Lipinski definition) is 3. The minimum absolute atomic E-state index is 0.267. The quantitative estimate of drug-likeness (QED) is 0.299. The smallest absolute Gasteiger partial charge is 0.258 e. The zero-order chi connectivity index (χ0) is 26.1. The van der Waals surface area contributed by atoms with Gasteiger partial charge in [-0.1, -0.05) is 36.4 Å². The van der Waals surface area contributed by atoms with Crippen molar-refractivity contribution in [2.75, 3.05) is 18.4 Å². The number of aromatic nitrogens is 4. The molecule has 4 heterocycles. The van der Waals surface area contributed by atoms with Gasteiger partial charge in [-0.2, -0.15) is 5.10 Å². The molecule has 1 amide bonds. The number of amides is 1. The summed E-state index contributed by atoms with van der Waals surface area (Å²) >= 11 is 0. The Morgan fingerprint density at radius 1 is 1.08 bits per heavy atom. The highest BCUT2D eigenvalue weighted by atomic mass is 19.1. The first-order valence-electron chi connectivity index (χ1n) is 12.6. The number of likely N-dealkylation sites (tertiary alicyclic amines) is 1. The number of aromatic amines is 2. The van der Waals surface area contributed by atoms with Gasteiger partial charge in [-0.25, -0.2) is 4.39 Å². The maximum Gasteiger partial charge on any atom is 0.258 e. The van der Waals surface area contributed by atoms with Crippen LogP contribution in [0.2, 0.25) is 0 Å². The normalized spacial score (nSPS) is 15.8. The summed E-state index contributed by atoms with van der Waals surface area (Å²) < 4.78 is 15.2. The standard InChI is InChI=1S/C29H27FN6O2/c30-23-8-9-35(18-23)15-20-6-7-26-21(10-20)11-27(34-26)25-12-24(14-31-29(25)38)33-28(37)22-13-32-36(17-22)16-19-4-2-1-3-5-19/h1-7,10-14,17,23,34H,8-9,15-16,18H2,(H,31,38)(H,33,37)/t23-/m1/s1. The van der Waals surface area contributed by atoms with Crippen LogP contribution in [0.15, 0.2) is 84.0 Å². The highest BCUT2D eigenvalue weighted by Gasteiger charge is 2.21. The van der Waals surface area contributed by atoms with Crippen LogP contribution in [0.4, 0.5) is 10.1 Å². The number of hydrogen-bond acceptors (Lipinski definition) is 4. The van der Waals surface area contributed by atoms with E-state index in [9.17, 15) is 14.0 Å². The Labute approximate surface area is 218 Å². The van der Waals surface area contributed by atoms with Crippen molar-refractivity contribution in [2.24, 2.45) is 0 Å². The Bertz CT molecular complexity index is 1650. The van der Waals surface area contributed by atoms with Gasteiger partial charge < -0.3 is 15.3 Å². The lowest BCUT2D eigenvalue weighted by atomic mass is 10.1. The summed E-state index contributed by atoms with van der Waals surface area (Å²) in [6, 6.07) is 19.5. The highest BCUT2D eigenvalue weighted by Crippen LogP contribution is 2.26. The van der Waals surface area contributed by atoms with Crippen LogP contribution in [-0.4, -0.2) is 49.8 Å². The third-order valence-electron chi connectivity index (χ3n) is 6.84. The number of anilines is 1. The van der Waals surface area contributed by atoms with Crippen molar-refractivity contribution in [3.8, 4) is 11.3 Å². The van der Waals surface area contributed by atoms with Crippen LogP contribution in [0.1, 0.15) is 27.9 Å². The molecule has 1 atom stereocenters. The van der Waals surface area contributed by atoms with E-state index in [-0.39, 0.29) is 11.5 Å². The number of nitrogens with zero attached hydrogens (tertiary/aromatic N) is 3. The van der Waals surface area contributed by atoms with Crippen LogP contribution in [0, 0.1) is 0 Å². The summed E-state index contributed by atoms with van der Waals surface area (Å²) in [4.78, 5) is 33.7. The van der Waals surface area contributed by atoms with Gasteiger partial charge in [-0.15, -0.1) is 0 Å². The summed E-state index contributed by atoms with van der Waals surface area (Å²) in [6.07, 6.45) is 4.54. The van der Waals surface area contributed by atoms with Crippen molar-refractivity contribution in [3.63, 3.8) is 0 Å². The van der Waals surface area contributed by atoms with E-state index < -0.39 is 6.17 Å². The number of alkyl halides is 1. The Morgan fingerprint density at radius 2 is 1.95 bits per heavy atom. The molecule has 1 aliphatic heterocycles. The molecular formula is C29H27FN6O2. The molecule has 38 heavy (non-hydrogen) atoms. The van der Waals surface area contributed by atoms with Crippen LogP contribution in [-0.2, 0) is 13.1 Å². The number of rotatable bonds is 7. The van der Waals surface area contributed by atoms with Crippen LogP contribution in [0.5, 0.6) is 0 Å². The van der Waals surface area contributed by atoms with E-state index in [4.69, 9.17) is 0 Å². The molecule has 1 saturated heterocycles. The number of nitrogens with one attached hydrogen (secondary N) is 3. The fourth-order valence-electron chi connectivity index (χ4n) is 4.91. The average Bonchev–Trinajstić information content (AvgIpc) is 3.65. The van der Waals surface area contributed by atoms with Gasteiger partial charge in [0, 0.05) is 42.9 Å². The maximum atomic E-state index is 13.5. The molecule has 9 heteroatoms. The minimum Gasteiger partial charge on any atom is -0.354 e. The molecule has 5 aromatic rings. The second-order valence-electron chi connectivity index (χ2n) is 9.72. The lowest BCUT2D eigenvalue weighted by Gasteiger charge is -2.14. The first-order chi connectivity index (χ1) is 18.5. The molecule has 8 nitrogen and oxygen atoms in total. The first-order valence-corrected chi connectivity index (χ1v) is 12.6. The van der Waals surface area contributed by atoms with Gasteiger partial charge in [0.05, 0.1) is 35.2 Å². The van der Waals surface area contributed by atoms with E-state index in [0.29, 0.717) is 48.6 Å². The van der Waals surface area contributed by atoms with E-state index in [1.54, 1.807) is 16.9 Å². The number of pyridine rings is 1. The van der Waals surface area contributed by atoms with Gasteiger partial charge in [-0.05, 0) is 41.8 Å². The number of H-pyrrole nitrogens is 2. The number of halogens is 1. The number of carbonyl (C=O) groups is 1. The topological polar surface area (TPSA) is 98.8 Å². The molecule has 0 spiro atoms. The van der Waals surface area contributed by atoms with Crippen molar-refractivity contribution in [3.05, 3.63) is 106 Å². The molecule has 1 fully saturated rings. The van der Waals surface area contributed by atoms with E-state index in [0.717, 1.165) is 28.6 Å². The predicted molar refractivity (Wildman–Crippen MR) is 145 cm³/mol. The van der Waals surface area contributed by atoms with Crippen molar-refractivity contribution in [1.82, 2.24) is 24.6 Å². The largest absolute Gasteiger partial charge is 0.354 e. The van der Waals surface area contributed by atoms with Crippen LogP contribution < -0.4 is 10.9 Å². The zero-order valence-corrected chi connectivity index (χ0v) is 20.7. The molecule has 3 aromatic heterocycles. The minimum atomic E-state index is -0.748. The monoisotopic (exact) mass is 510 g/mol. The molecule has 6 rings (SSSR count). The first kappa shape index (κ1) is 23.9. The van der Waals surface area contributed by atoms with Crippen LogP contribution in [0.25, 0.3) is 22.2 Å². The summed E-state index contributed by atoms with van der Waals surface area (Å²) in [5.41, 5.74) is 4.76. The lowest BCUT2D eigenvalue weighted by Crippen LogP contribution is -2.20. The fraction of sp³-hybridized carbons (Fsp3) is 0.207. The zero-order valence-electron chi connectivity index (χ0n) is 20.7. The Balaban J connectivity index is 1.18. The molecule has 0 aliphatic carbocycles. The third-order valence-corrected chi connectivity index (χ3v) is 6.84. The summed E-state index contributed by atoms with van der Waals surface area (Å²) in [5.74, 6) is -0.318. The predicted octanol–water partition coefficient (Wildman–Crippen LogP) is 4.56. The molecule has 1 aliphatic rings. The second-order valence-corrected chi connectivity index (χ2v) is 9.72. The van der Waals surface area contributed by atoms with E-state index >= 15 is 0 Å². The molecule has 0 saturated carbocycles. The Morgan fingerprint density at radius 3 is 2.76 bits per heavy atom. The molecule has 0 bridgehead atoms. The number of fused-ring (bicyclic) bond motifs is 1. The SMILES string of the molecule is O=C(Nc1c[nH]c(=O)c(-c2cc3cc(CN4CC[C@@H](F)C4)ccc3[nH]2)c1)c1cnn(Cc2ccccc2)c1. The second kappa shape index (κ2) is 10.1. The van der Waals surface area contributed by atoms with Gasteiger partial charge in [0.15, 0.2) is 0 Å². The number of carbonyl (C=O) groups excluding carboxylic acids is 1. The summed E-state index contributed by atoms with van der Waals surface area (Å²) in [6.45, 7) is 2.49. The van der Waals surface area contributed by atoms with Crippen LogP contribution in [0.3, 0.4) is 0 Å². The molecule has 0 unspecified atom stereocenters. The molecule has 2 aromatic carbocycles. The molecular weight excluding hydrogens is 483 g/mol. The van der Waals surface area contributed by atoms with E-state index in [1.807, 2.05) is 48.5 Å². The summed E-state index contributed by atoms with van der Waals surface area (Å²) in [7, 11) is 0. The molecule has 0 radical (unpaired) electrons. The number of benzene rings is 2. The van der Waals surface area contributed by atoms with Gasteiger partial charge in [0.25, 0.3) is 11.5 Å². The van der Waals surface area contributed by atoms with Gasteiger partial charge in [0.1, 0.15) is 6.17 Å². The van der Waals surface area contributed by atoms with Crippen molar-refractivity contribution in [2.45, 2.75) is 25.7 Å². The molecule has 192 valence electrons. The fourth-order valence-corrected chi connectivity index (χ4v) is 4.91. The van der Waals surface area contributed by atoms with E-state index in [2.05, 4.69) is 31.3 Å². The Hall–Kier alpha value is -4.50. The van der Waals surface area contributed by atoms with Crippen molar-refractivity contribution < 1.29 is 9.18 Å². The van der Waals surface area contributed by atoms with Gasteiger partial charge in [0.2, 0.25) is 0 Å².